The van der Waals surface area contributed by atoms with Crippen LogP contribution >= 0.6 is 23.2 Å². The topological polar surface area (TPSA) is 71.3 Å². The third-order valence-corrected chi connectivity index (χ3v) is 5.61. The normalized spacial score (nSPS) is 11.0. The number of anilines is 1. The number of methoxy groups -OCH3 is 1. The van der Waals surface area contributed by atoms with Gasteiger partial charge in [0.1, 0.15) is 18.2 Å². The molecule has 0 aliphatic rings. The fourth-order valence-corrected chi connectivity index (χ4v) is 3.46. The monoisotopic (exact) mass is 480 g/mol. The van der Waals surface area contributed by atoms with Gasteiger partial charge in [0.15, 0.2) is 11.5 Å². The summed E-state index contributed by atoms with van der Waals surface area (Å²) in [6.45, 7) is 4.15. The van der Waals surface area contributed by atoms with E-state index < -0.39 is 5.91 Å². The van der Waals surface area contributed by atoms with Crippen LogP contribution in [0.1, 0.15) is 22.3 Å². The predicted molar refractivity (Wildman–Crippen MR) is 132 cm³/mol. The lowest BCUT2D eigenvalue weighted by molar-refractivity contribution is -0.112. The van der Waals surface area contributed by atoms with Gasteiger partial charge in [0.05, 0.1) is 17.2 Å². The highest BCUT2D eigenvalue weighted by Crippen LogP contribution is 2.30. The maximum Gasteiger partial charge on any atom is 0.266 e. The van der Waals surface area contributed by atoms with E-state index in [-0.39, 0.29) is 12.2 Å². The number of carbonyl (C=O) groups excluding carboxylic acids is 1. The molecule has 3 aromatic carbocycles. The summed E-state index contributed by atoms with van der Waals surface area (Å²) in [6.07, 6.45) is 1.50. The number of amides is 1. The summed E-state index contributed by atoms with van der Waals surface area (Å²) in [5, 5.41) is 13.2. The van der Waals surface area contributed by atoms with Crippen LogP contribution in [-0.4, -0.2) is 13.0 Å². The molecule has 168 valence electrons. The minimum absolute atomic E-state index is 0.0264. The number of rotatable bonds is 7. The molecule has 0 bridgehead atoms. The third kappa shape index (κ3) is 6.29. The van der Waals surface area contributed by atoms with Gasteiger partial charge in [-0.2, -0.15) is 5.26 Å². The molecule has 0 saturated carbocycles. The van der Waals surface area contributed by atoms with E-state index >= 15 is 0 Å². The first-order valence-electron chi connectivity index (χ1n) is 10.1. The zero-order chi connectivity index (χ0) is 24.0. The van der Waals surface area contributed by atoms with Crippen molar-refractivity contribution in [1.82, 2.24) is 0 Å². The number of nitrogens with zero attached hydrogens (tertiary/aromatic N) is 1. The minimum Gasteiger partial charge on any atom is -0.493 e. The summed E-state index contributed by atoms with van der Waals surface area (Å²) in [4.78, 5) is 12.6. The molecule has 3 aromatic rings. The van der Waals surface area contributed by atoms with Crippen LogP contribution < -0.4 is 14.8 Å². The summed E-state index contributed by atoms with van der Waals surface area (Å²) in [5.74, 6) is 0.498. The number of carbonyl (C=O) groups is 1. The van der Waals surface area contributed by atoms with Gasteiger partial charge in [0, 0.05) is 5.69 Å². The number of hydrogen-bond donors (Lipinski definition) is 1. The first kappa shape index (κ1) is 24.2. The van der Waals surface area contributed by atoms with Gasteiger partial charge in [-0.05, 0) is 66.9 Å². The molecule has 0 fully saturated rings. The molecule has 0 spiro atoms. The smallest absolute Gasteiger partial charge is 0.266 e. The summed E-state index contributed by atoms with van der Waals surface area (Å²) < 4.78 is 11.3. The second kappa shape index (κ2) is 10.9. The van der Waals surface area contributed by atoms with Crippen LogP contribution in [0.15, 0.2) is 60.2 Å². The van der Waals surface area contributed by atoms with Gasteiger partial charge in [0.25, 0.3) is 5.91 Å². The van der Waals surface area contributed by atoms with Crippen LogP contribution in [0.5, 0.6) is 11.5 Å². The van der Waals surface area contributed by atoms with E-state index in [1.165, 1.54) is 13.2 Å². The summed E-state index contributed by atoms with van der Waals surface area (Å²) >= 11 is 12.0. The molecule has 1 N–H and O–H groups in total. The van der Waals surface area contributed by atoms with Crippen molar-refractivity contribution < 1.29 is 14.3 Å². The molecule has 5 nitrogen and oxygen atoms in total. The second-order valence-electron chi connectivity index (χ2n) is 7.39. The quantitative estimate of drug-likeness (QED) is 0.300. The van der Waals surface area contributed by atoms with Gasteiger partial charge < -0.3 is 14.8 Å². The van der Waals surface area contributed by atoms with E-state index in [0.29, 0.717) is 32.8 Å². The Bertz CT molecular complexity index is 1260. The van der Waals surface area contributed by atoms with Crippen molar-refractivity contribution in [2.24, 2.45) is 0 Å². The first-order valence-corrected chi connectivity index (χ1v) is 10.8. The van der Waals surface area contributed by atoms with Crippen molar-refractivity contribution in [3.63, 3.8) is 0 Å². The number of aryl methyl sites for hydroxylation is 2. The van der Waals surface area contributed by atoms with Gasteiger partial charge in [-0.1, -0.05) is 53.0 Å². The van der Waals surface area contributed by atoms with Crippen LogP contribution in [0, 0.1) is 25.2 Å². The Morgan fingerprint density at radius 3 is 2.48 bits per heavy atom. The van der Waals surface area contributed by atoms with Crippen molar-refractivity contribution in [3.05, 3.63) is 92.5 Å². The Morgan fingerprint density at radius 1 is 1.03 bits per heavy atom. The number of ether oxygens (including phenoxy) is 2. The van der Waals surface area contributed by atoms with E-state index in [1.807, 2.05) is 44.2 Å². The van der Waals surface area contributed by atoms with Gasteiger partial charge in [0.2, 0.25) is 0 Å². The molecule has 7 heteroatoms. The van der Waals surface area contributed by atoms with Crippen LogP contribution in [0.3, 0.4) is 0 Å². The average Bonchev–Trinajstić information content (AvgIpc) is 2.80. The number of benzene rings is 3. The fraction of sp³-hybridized carbons (Fsp3) is 0.154. The highest BCUT2D eigenvalue weighted by molar-refractivity contribution is 6.42. The zero-order valence-corrected chi connectivity index (χ0v) is 19.9. The Kier molecular flexibility index (Phi) is 8.00. The van der Waals surface area contributed by atoms with E-state index in [9.17, 15) is 10.1 Å². The molecule has 1 amide bonds. The van der Waals surface area contributed by atoms with Crippen molar-refractivity contribution in [1.29, 1.82) is 5.26 Å². The lowest BCUT2D eigenvalue weighted by atomic mass is 10.1. The van der Waals surface area contributed by atoms with E-state index in [4.69, 9.17) is 32.7 Å². The Hall–Kier alpha value is -3.46. The van der Waals surface area contributed by atoms with Gasteiger partial charge in [-0.3, -0.25) is 4.79 Å². The van der Waals surface area contributed by atoms with Crippen molar-refractivity contribution >= 4 is 40.9 Å². The highest BCUT2D eigenvalue weighted by atomic mass is 35.5. The molecule has 0 aliphatic carbocycles. The van der Waals surface area contributed by atoms with Crippen molar-refractivity contribution in [2.45, 2.75) is 20.5 Å². The Labute approximate surface area is 203 Å². The van der Waals surface area contributed by atoms with Crippen molar-refractivity contribution in [3.8, 4) is 17.6 Å². The zero-order valence-electron chi connectivity index (χ0n) is 18.4. The number of halogens is 2. The van der Waals surface area contributed by atoms with E-state index in [2.05, 4.69) is 5.32 Å². The predicted octanol–water partition coefficient (Wildman–Crippen LogP) is 6.74. The lowest BCUT2D eigenvalue weighted by Crippen LogP contribution is -2.14. The third-order valence-electron chi connectivity index (χ3n) is 4.87. The van der Waals surface area contributed by atoms with E-state index in [1.54, 1.807) is 30.3 Å². The lowest BCUT2D eigenvalue weighted by Gasteiger charge is -2.12. The molecule has 3 rings (SSSR count). The number of hydrogen-bond acceptors (Lipinski definition) is 4. The van der Waals surface area contributed by atoms with Crippen LogP contribution in [0.2, 0.25) is 10.0 Å². The molecule has 0 saturated heterocycles. The minimum atomic E-state index is -0.483. The van der Waals surface area contributed by atoms with Gasteiger partial charge >= 0.3 is 0 Å². The summed E-state index contributed by atoms with van der Waals surface area (Å²) in [6, 6.07) is 18.1. The first-order chi connectivity index (χ1) is 15.8. The number of nitriles is 1. The van der Waals surface area contributed by atoms with Crippen LogP contribution in [-0.2, 0) is 11.4 Å². The molecule has 33 heavy (non-hydrogen) atoms. The molecular weight excluding hydrogens is 459 g/mol. The van der Waals surface area contributed by atoms with Crippen LogP contribution in [0.25, 0.3) is 6.08 Å². The van der Waals surface area contributed by atoms with Crippen LogP contribution in [0.4, 0.5) is 5.69 Å². The molecule has 0 heterocycles. The molecule has 0 atom stereocenters. The Morgan fingerprint density at radius 2 is 1.82 bits per heavy atom. The number of nitrogens with one attached hydrogen (secondary N) is 1. The molecule has 0 aliphatic heterocycles. The maximum absolute atomic E-state index is 12.6. The Balaban J connectivity index is 1.76. The molecular formula is C26H22Cl2N2O3. The average molecular weight is 481 g/mol. The van der Waals surface area contributed by atoms with Gasteiger partial charge in [-0.25, -0.2) is 0 Å². The summed E-state index contributed by atoms with van der Waals surface area (Å²) in [7, 11) is 1.52. The van der Waals surface area contributed by atoms with E-state index in [0.717, 1.165) is 16.7 Å². The molecule has 0 unspecified atom stereocenters. The maximum atomic E-state index is 12.6. The van der Waals surface area contributed by atoms with Gasteiger partial charge in [-0.15, -0.1) is 0 Å². The molecule has 0 radical (unpaired) electrons. The van der Waals surface area contributed by atoms with Crippen molar-refractivity contribution in [2.75, 3.05) is 12.4 Å². The standard InChI is InChI=1S/C26H22Cl2N2O3/c1-16-4-8-23(17(2)10-16)30-26(31)20(14-29)11-18-6-9-24(25(13-18)32-3)33-15-19-5-7-21(27)22(28)12-19/h4-13H,15H2,1-3H3,(H,30,31)/b20-11+. The fourth-order valence-electron chi connectivity index (χ4n) is 3.14. The largest absolute Gasteiger partial charge is 0.493 e. The SMILES string of the molecule is COc1cc(/C=C(\C#N)C(=O)Nc2ccc(C)cc2C)ccc1OCc1ccc(Cl)c(Cl)c1. The highest BCUT2D eigenvalue weighted by Gasteiger charge is 2.13. The molecule has 0 aromatic heterocycles. The second-order valence-corrected chi connectivity index (χ2v) is 8.20. The summed E-state index contributed by atoms with van der Waals surface area (Å²) in [5.41, 5.74) is 4.13.